The number of likely N-dealkylation sites (N-methyl/N-ethyl adjacent to an activating group) is 1. The van der Waals surface area contributed by atoms with E-state index in [0.717, 1.165) is 25.7 Å². The number of carbonyl (C=O) groups excluding carboxylic acids is 2. The molecule has 0 bridgehead atoms. The SMILES string of the molecule is CNC(=O)C1N(C(C)C)C(=O)C12CCCCC2. The van der Waals surface area contributed by atoms with Crippen LogP contribution in [-0.2, 0) is 9.59 Å². The van der Waals surface area contributed by atoms with Gasteiger partial charge in [0.1, 0.15) is 6.04 Å². The summed E-state index contributed by atoms with van der Waals surface area (Å²) >= 11 is 0. The van der Waals surface area contributed by atoms with E-state index in [-0.39, 0.29) is 29.3 Å². The predicted octanol–water partition coefficient (Wildman–Crippen LogP) is 1.30. The molecule has 0 aromatic heterocycles. The van der Waals surface area contributed by atoms with Crippen molar-refractivity contribution < 1.29 is 9.59 Å². The molecule has 1 N–H and O–H groups in total. The number of hydrogen-bond acceptors (Lipinski definition) is 2. The van der Waals surface area contributed by atoms with Crippen molar-refractivity contribution in [1.29, 1.82) is 0 Å². The highest BCUT2D eigenvalue weighted by Gasteiger charge is 2.63. The summed E-state index contributed by atoms with van der Waals surface area (Å²) in [5, 5.41) is 2.71. The van der Waals surface area contributed by atoms with Gasteiger partial charge in [0.15, 0.2) is 0 Å². The van der Waals surface area contributed by atoms with Crippen molar-refractivity contribution in [2.24, 2.45) is 5.41 Å². The molecule has 1 aliphatic carbocycles. The number of hydrogen-bond donors (Lipinski definition) is 1. The van der Waals surface area contributed by atoms with Crippen LogP contribution in [0.25, 0.3) is 0 Å². The lowest BCUT2D eigenvalue weighted by Gasteiger charge is -2.58. The summed E-state index contributed by atoms with van der Waals surface area (Å²) in [6, 6.07) is -0.127. The first-order valence-corrected chi connectivity index (χ1v) is 6.59. The normalized spacial score (nSPS) is 27.2. The van der Waals surface area contributed by atoms with E-state index < -0.39 is 0 Å². The number of likely N-dealkylation sites (tertiary alicyclic amines) is 1. The van der Waals surface area contributed by atoms with Crippen LogP contribution in [0.2, 0.25) is 0 Å². The van der Waals surface area contributed by atoms with Crippen LogP contribution in [0.15, 0.2) is 0 Å². The van der Waals surface area contributed by atoms with Crippen LogP contribution < -0.4 is 5.32 Å². The Morgan fingerprint density at radius 2 is 1.94 bits per heavy atom. The van der Waals surface area contributed by atoms with Crippen molar-refractivity contribution >= 4 is 11.8 Å². The molecule has 17 heavy (non-hydrogen) atoms. The predicted molar refractivity (Wildman–Crippen MR) is 65.4 cm³/mol. The summed E-state index contributed by atoms with van der Waals surface area (Å²) in [7, 11) is 1.65. The molecule has 1 atom stereocenters. The van der Waals surface area contributed by atoms with Crippen molar-refractivity contribution in [3.8, 4) is 0 Å². The second-order valence-electron chi connectivity index (χ2n) is 5.54. The fourth-order valence-corrected chi connectivity index (χ4v) is 3.41. The van der Waals surface area contributed by atoms with Crippen LogP contribution in [0.5, 0.6) is 0 Å². The van der Waals surface area contributed by atoms with Gasteiger partial charge in [-0.3, -0.25) is 9.59 Å². The molecule has 1 spiro atoms. The molecule has 4 nitrogen and oxygen atoms in total. The average Bonchev–Trinajstić information content (AvgIpc) is 2.34. The van der Waals surface area contributed by atoms with Gasteiger partial charge in [0.25, 0.3) is 0 Å². The highest BCUT2D eigenvalue weighted by Crippen LogP contribution is 2.50. The maximum atomic E-state index is 12.4. The molecule has 0 radical (unpaired) electrons. The number of β-lactam (4-membered cyclic amide) rings is 1. The standard InChI is InChI=1S/C13H22N2O2/c1-9(2)15-10(11(16)14-3)13(12(15)17)7-5-4-6-8-13/h9-10H,4-8H2,1-3H3,(H,14,16). The van der Waals surface area contributed by atoms with Crippen LogP contribution in [-0.4, -0.2) is 35.8 Å². The van der Waals surface area contributed by atoms with Gasteiger partial charge in [-0.25, -0.2) is 0 Å². The first kappa shape index (κ1) is 12.4. The first-order chi connectivity index (χ1) is 8.04. The molecule has 0 aromatic rings. The van der Waals surface area contributed by atoms with Gasteiger partial charge in [-0.05, 0) is 26.7 Å². The molecule has 1 saturated carbocycles. The lowest BCUT2D eigenvalue weighted by atomic mass is 9.61. The van der Waals surface area contributed by atoms with Gasteiger partial charge in [-0.1, -0.05) is 19.3 Å². The Labute approximate surface area is 103 Å². The quantitative estimate of drug-likeness (QED) is 0.737. The van der Waals surface area contributed by atoms with Gasteiger partial charge in [-0.15, -0.1) is 0 Å². The molecular weight excluding hydrogens is 216 g/mol. The van der Waals surface area contributed by atoms with Gasteiger partial charge in [-0.2, -0.15) is 0 Å². The van der Waals surface area contributed by atoms with E-state index in [1.807, 2.05) is 13.8 Å². The molecule has 1 unspecified atom stereocenters. The van der Waals surface area contributed by atoms with Gasteiger partial charge in [0, 0.05) is 13.1 Å². The molecule has 2 amide bonds. The fourth-order valence-electron chi connectivity index (χ4n) is 3.41. The summed E-state index contributed by atoms with van der Waals surface area (Å²) in [6.07, 6.45) is 5.10. The Morgan fingerprint density at radius 3 is 2.41 bits per heavy atom. The van der Waals surface area contributed by atoms with Crippen molar-refractivity contribution in [3.05, 3.63) is 0 Å². The minimum absolute atomic E-state index is 0.000185. The second kappa shape index (κ2) is 4.31. The van der Waals surface area contributed by atoms with E-state index in [2.05, 4.69) is 5.32 Å². The Hall–Kier alpha value is -1.06. The van der Waals surface area contributed by atoms with Crippen LogP contribution in [0.3, 0.4) is 0 Å². The second-order valence-corrected chi connectivity index (χ2v) is 5.54. The molecule has 2 rings (SSSR count). The zero-order valence-electron chi connectivity index (χ0n) is 11.0. The number of nitrogens with one attached hydrogen (secondary N) is 1. The van der Waals surface area contributed by atoms with Crippen LogP contribution in [0, 0.1) is 5.41 Å². The molecule has 1 aliphatic heterocycles. The number of carbonyl (C=O) groups is 2. The van der Waals surface area contributed by atoms with Crippen molar-refractivity contribution in [1.82, 2.24) is 10.2 Å². The van der Waals surface area contributed by atoms with E-state index >= 15 is 0 Å². The maximum Gasteiger partial charge on any atom is 0.243 e. The van der Waals surface area contributed by atoms with Crippen molar-refractivity contribution in [3.63, 3.8) is 0 Å². The minimum atomic E-state index is -0.372. The number of rotatable bonds is 2. The monoisotopic (exact) mass is 238 g/mol. The van der Waals surface area contributed by atoms with E-state index in [9.17, 15) is 9.59 Å². The topological polar surface area (TPSA) is 49.4 Å². The Balaban J connectivity index is 2.26. The summed E-state index contributed by atoms with van der Waals surface area (Å²) in [6.45, 7) is 3.95. The smallest absolute Gasteiger partial charge is 0.243 e. The van der Waals surface area contributed by atoms with Gasteiger partial charge >= 0.3 is 0 Å². The van der Waals surface area contributed by atoms with Crippen LogP contribution >= 0.6 is 0 Å². The van der Waals surface area contributed by atoms with Crippen LogP contribution in [0.4, 0.5) is 0 Å². The first-order valence-electron chi connectivity index (χ1n) is 6.59. The molecule has 2 fully saturated rings. The van der Waals surface area contributed by atoms with Crippen molar-refractivity contribution in [2.45, 2.75) is 58.0 Å². The summed E-state index contributed by atoms with van der Waals surface area (Å²) in [4.78, 5) is 26.1. The fraction of sp³-hybridized carbons (Fsp3) is 0.846. The molecular formula is C13H22N2O2. The van der Waals surface area contributed by atoms with Crippen molar-refractivity contribution in [2.75, 3.05) is 7.05 Å². The maximum absolute atomic E-state index is 12.4. The summed E-state index contributed by atoms with van der Waals surface area (Å²) in [5.41, 5.74) is -0.372. The zero-order chi connectivity index (χ0) is 12.6. The Morgan fingerprint density at radius 1 is 1.35 bits per heavy atom. The zero-order valence-corrected chi connectivity index (χ0v) is 11.0. The third-order valence-corrected chi connectivity index (χ3v) is 4.26. The lowest BCUT2D eigenvalue weighted by Crippen LogP contribution is -2.75. The highest BCUT2D eigenvalue weighted by molar-refractivity contribution is 6.02. The Bertz CT molecular complexity index is 332. The number of nitrogens with zero attached hydrogens (tertiary/aromatic N) is 1. The Kier molecular flexibility index (Phi) is 3.15. The lowest BCUT2D eigenvalue weighted by molar-refractivity contribution is -0.185. The largest absolute Gasteiger partial charge is 0.357 e. The molecule has 2 aliphatic rings. The van der Waals surface area contributed by atoms with Gasteiger partial charge in [0.2, 0.25) is 11.8 Å². The van der Waals surface area contributed by atoms with E-state index in [0.29, 0.717) is 0 Å². The minimum Gasteiger partial charge on any atom is -0.357 e. The third-order valence-electron chi connectivity index (χ3n) is 4.26. The van der Waals surface area contributed by atoms with Gasteiger partial charge < -0.3 is 10.2 Å². The third kappa shape index (κ3) is 1.65. The molecule has 1 saturated heterocycles. The van der Waals surface area contributed by atoms with E-state index in [1.54, 1.807) is 11.9 Å². The summed E-state index contributed by atoms with van der Waals surface area (Å²) in [5.74, 6) is 0.195. The molecule has 0 aromatic carbocycles. The molecule has 1 heterocycles. The average molecular weight is 238 g/mol. The summed E-state index contributed by atoms with van der Waals surface area (Å²) < 4.78 is 0. The molecule has 96 valence electrons. The van der Waals surface area contributed by atoms with E-state index in [1.165, 1.54) is 6.42 Å². The molecule has 4 heteroatoms. The van der Waals surface area contributed by atoms with Crippen LogP contribution in [0.1, 0.15) is 46.0 Å². The van der Waals surface area contributed by atoms with Gasteiger partial charge in [0.05, 0.1) is 5.41 Å². The number of amides is 2. The van der Waals surface area contributed by atoms with E-state index in [4.69, 9.17) is 0 Å². The highest BCUT2D eigenvalue weighted by atomic mass is 16.2.